The van der Waals surface area contributed by atoms with Gasteiger partial charge in [0, 0.05) is 18.8 Å². The van der Waals surface area contributed by atoms with E-state index < -0.39 is 0 Å². The van der Waals surface area contributed by atoms with Crippen LogP contribution in [0.4, 0.5) is 5.82 Å². The van der Waals surface area contributed by atoms with Gasteiger partial charge in [-0.05, 0) is 25.3 Å². The van der Waals surface area contributed by atoms with E-state index in [1.807, 2.05) is 4.90 Å². The van der Waals surface area contributed by atoms with Crippen molar-refractivity contribution in [1.82, 2.24) is 14.7 Å². The highest BCUT2D eigenvalue weighted by molar-refractivity contribution is 5.76. The summed E-state index contributed by atoms with van der Waals surface area (Å²) in [4.78, 5) is 14.1. The van der Waals surface area contributed by atoms with E-state index in [2.05, 4.69) is 12.0 Å². The maximum absolute atomic E-state index is 12.1. The number of carbonyl (C=O) groups excluding carboxylic acids is 1. The quantitative estimate of drug-likeness (QED) is 0.808. The molecule has 0 aromatic carbocycles. The molecular formula is C12H20N4O. The third kappa shape index (κ3) is 3.22. The molecule has 0 atom stereocenters. The molecule has 1 aliphatic rings. The molecule has 1 amide bonds. The van der Waals surface area contributed by atoms with Crippen molar-refractivity contribution in [2.45, 2.75) is 45.2 Å². The fraction of sp³-hybridized carbons (Fsp3) is 0.667. The van der Waals surface area contributed by atoms with Crippen LogP contribution in [-0.2, 0) is 11.3 Å². The predicted molar refractivity (Wildman–Crippen MR) is 66.3 cm³/mol. The Bertz CT molecular complexity index is 384. The first-order chi connectivity index (χ1) is 8.20. The normalized spacial score (nSPS) is 14.9. The minimum atomic E-state index is 0.157. The van der Waals surface area contributed by atoms with Gasteiger partial charge in [-0.2, -0.15) is 5.10 Å². The van der Waals surface area contributed by atoms with Crippen molar-refractivity contribution in [3.63, 3.8) is 0 Å². The molecule has 5 nitrogen and oxygen atoms in total. The number of aromatic nitrogens is 2. The molecule has 0 radical (unpaired) electrons. The average Bonchev–Trinajstić information content (AvgIpc) is 3.04. The second-order valence-electron chi connectivity index (χ2n) is 4.61. The summed E-state index contributed by atoms with van der Waals surface area (Å²) in [5, 5.41) is 4.04. The molecule has 1 saturated carbocycles. The van der Waals surface area contributed by atoms with Crippen LogP contribution in [0, 0.1) is 0 Å². The molecule has 1 aromatic rings. The van der Waals surface area contributed by atoms with Crippen LogP contribution in [0.2, 0.25) is 0 Å². The molecule has 0 unspecified atom stereocenters. The van der Waals surface area contributed by atoms with Gasteiger partial charge in [0.05, 0.1) is 0 Å². The number of unbranched alkanes of at least 4 members (excludes halogenated alkanes) is 1. The van der Waals surface area contributed by atoms with Gasteiger partial charge in [0.1, 0.15) is 12.4 Å². The van der Waals surface area contributed by atoms with E-state index in [0.717, 1.165) is 32.2 Å². The lowest BCUT2D eigenvalue weighted by atomic mass is 10.3. The molecule has 1 aliphatic carbocycles. The van der Waals surface area contributed by atoms with Crippen LogP contribution >= 0.6 is 0 Å². The molecule has 1 heterocycles. The third-order valence-corrected chi connectivity index (χ3v) is 3.02. The number of amides is 1. The summed E-state index contributed by atoms with van der Waals surface area (Å²) in [6.07, 6.45) is 6.24. The van der Waals surface area contributed by atoms with Crippen molar-refractivity contribution < 1.29 is 4.79 Å². The topological polar surface area (TPSA) is 64.2 Å². The lowest BCUT2D eigenvalue weighted by Gasteiger charge is -2.22. The highest BCUT2D eigenvalue weighted by Crippen LogP contribution is 2.27. The van der Waals surface area contributed by atoms with Crippen molar-refractivity contribution in [2.75, 3.05) is 12.3 Å². The first-order valence-corrected chi connectivity index (χ1v) is 6.29. The zero-order valence-electron chi connectivity index (χ0n) is 10.3. The Morgan fingerprint density at radius 1 is 1.65 bits per heavy atom. The van der Waals surface area contributed by atoms with Crippen LogP contribution in [0.5, 0.6) is 0 Å². The molecule has 0 saturated heterocycles. The Labute approximate surface area is 102 Å². The molecule has 94 valence electrons. The van der Waals surface area contributed by atoms with Gasteiger partial charge in [0.25, 0.3) is 0 Å². The number of nitrogens with zero attached hydrogens (tertiary/aromatic N) is 3. The number of anilines is 1. The largest absolute Gasteiger partial charge is 0.382 e. The van der Waals surface area contributed by atoms with E-state index >= 15 is 0 Å². The standard InChI is InChI=1S/C12H20N4O/c1-2-3-7-16(10-4-5-10)12(17)9-15-8-6-11(13)14-15/h6,8,10H,2-5,7,9H2,1H3,(H2,13,14). The summed E-state index contributed by atoms with van der Waals surface area (Å²) in [5.74, 6) is 0.619. The minimum Gasteiger partial charge on any atom is -0.382 e. The van der Waals surface area contributed by atoms with Crippen molar-refractivity contribution in [3.8, 4) is 0 Å². The van der Waals surface area contributed by atoms with Crippen LogP contribution in [0.1, 0.15) is 32.6 Å². The van der Waals surface area contributed by atoms with E-state index in [-0.39, 0.29) is 5.91 Å². The number of rotatable bonds is 6. The number of carbonyl (C=O) groups is 1. The van der Waals surface area contributed by atoms with Crippen molar-refractivity contribution in [2.24, 2.45) is 0 Å². The lowest BCUT2D eigenvalue weighted by molar-refractivity contribution is -0.132. The maximum Gasteiger partial charge on any atom is 0.244 e. The van der Waals surface area contributed by atoms with Crippen molar-refractivity contribution in [1.29, 1.82) is 0 Å². The summed E-state index contributed by atoms with van der Waals surface area (Å²) in [6.45, 7) is 3.32. The van der Waals surface area contributed by atoms with E-state index in [4.69, 9.17) is 5.73 Å². The zero-order chi connectivity index (χ0) is 12.3. The Kier molecular flexibility index (Phi) is 3.66. The first-order valence-electron chi connectivity index (χ1n) is 6.29. The second-order valence-corrected chi connectivity index (χ2v) is 4.61. The first kappa shape index (κ1) is 12.0. The highest BCUT2D eigenvalue weighted by Gasteiger charge is 2.31. The Morgan fingerprint density at radius 3 is 2.94 bits per heavy atom. The maximum atomic E-state index is 12.1. The molecular weight excluding hydrogens is 216 g/mol. The number of hydrogen-bond acceptors (Lipinski definition) is 3. The van der Waals surface area contributed by atoms with Gasteiger partial charge in [-0.25, -0.2) is 0 Å². The Hall–Kier alpha value is -1.52. The molecule has 2 N–H and O–H groups in total. The molecule has 2 rings (SSSR count). The molecule has 17 heavy (non-hydrogen) atoms. The summed E-state index contributed by atoms with van der Waals surface area (Å²) < 4.78 is 1.61. The van der Waals surface area contributed by atoms with Gasteiger partial charge < -0.3 is 10.6 Å². The number of hydrogen-bond donors (Lipinski definition) is 1. The Balaban J connectivity index is 1.91. The molecule has 1 aromatic heterocycles. The van der Waals surface area contributed by atoms with Crippen LogP contribution < -0.4 is 5.73 Å². The average molecular weight is 236 g/mol. The summed E-state index contributed by atoms with van der Waals surface area (Å²) in [6, 6.07) is 2.18. The molecule has 0 aliphatic heterocycles. The van der Waals surface area contributed by atoms with Crippen molar-refractivity contribution >= 4 is 11.7 Å². The fourth-order valence-electron chi connectivity index (χ4n) is 1.92. The number of nitrogen functional groups attached to an aromatic ring is 1. The third-order valence-electron chi connectivity index (χ3n) is 3.02. The second kappa shape index (κ2) is 5.21. The summed E-state index contributed by atoms with van der Waals surface area (Å²) >= 11 is 0. The smallest absolute Gasteiger partial charge is 0.244 e. The van der Waals surface area contributed by atoms with E-state index in [9.17, 15) is 4.79 Å². The van der Waals surface area contributed by atoms with Gasteiger partial charge in [-0.15, -0.1) is 0 Å². The van der Waals surface area contributed by atoms with Gasteiger partial charge in [-0.3, -0.25) is 9.48 Å². The van der Waals surface area contributed by atoms with E-state index in [1.54, 1.807) is 16.9 Å². The Morgan fingerprint density at radius 2 is 2.41 bits per heavy atom. The predicted octanol–water partition coefficient (Wildman–Crippen LogP) is 1.26. The minimum absolute atomic E-state index is 0.157. The number of nitrogens with two attached hydrogens (primary N) is 1. The molecule has 0 bridgehead atoms. The van der Waals surface area contributed by atoms with Gasteiger partial charge in [-0.1, -0.05) is 13.3 Å². The summed E-state index contributed by atoms with van der Waals surface area (Å²) in [5.41, 5.74) is 5.53. The van der Waals surface area contributed by atoms with Crippen LogP contribution in [0.25, 0.3) is 0 Å². The monoisotopic (exact) mass is 236 g/mol. The van der Waals surface area contributed by atoms with E-state index in [1.165, 1.54) is 0 Å². The van der Waals surface area contributed by atoms with Crippen LogP contribution in [0.15, 0.2) is 12.3 Å². The molecule has 5 heteroatoms. The van der Waals surface area contributed by atoms with Gasteiger partial charge >= 0.3 is 0 Å². The summed E-state index contributed by atoms with van der Waals surface area (Å²) in [7, 11) is 0. The molecule has 1 fully saturated rings. The molecule has 0 spiro atoms. The van der Waals surface area contributed by atoms with Crippen LogP contribution in [-0.4, -0.2) is 33.2 Å². The van der Waals surface area contributed by atoms with Crippen molar-refractivity contribution in [3.05, 3.63) is 12.3 Å². The highest BCUT2D eigenvalue weighted by atomic mass is 16.2. The SMILES string of the molecule is CCCCN(C(=O)Cn1ccc(N)n1)C1CC1. The van der Waals surface area contributed by atoms with E-state index in [0.29, 0.717) is 18.4 Å². The van der Waals surface area contributed by atoms with Gasteiger partial charge in [0.15, 0.2) is 0 Å². The lowest BCUT2D eigenvalue weighted by Crippen LogP contribution is -2.36. The van der Waals surface area contributed by atoms with Crippen LogP contribution in [0.3, 0.4) is 0 Å². The van der Waals surface area contributed by atoms with Gasteiger partial charge in [0.2, 0.25) is 5.91 Å². The fourth-order valence-corrected chi connectivity index (χ4v) is 1.92. The zero-order valence-corrected chi connectivity index (χ0v) is 10.3.